The highest BCUT2D eigenvalue weighted by Crippen LogP contribution is 2.16. The molecule has 19 heavy (non-hydrogen) atoms. The smallest absolute Gasteiger partial charge is 0.310 e. The first kappa shape index (κ1) is 13.1. The molecule has 1 aliphatic heterocycles. The molecule has 1 aromatic rings. The van der Waals surface area contributed by atoms with E-state index in [0.29, 0.717) is 0 Å². The number of likely N-dealkylation sites (tertiary alicyclic amines) is 1. The molecule has 0 aromatic carbocycles. The molecule has 2 heterocycles. The van der Waals surface area contributed by atoms with Crippen LogP contribution >= 0.6 is 0 Å². The Hall–Kier alpha value is -2.31. The molecular formula is C12H14N2O5. The van der Waals surface area contributed by atoms with Crippen molar-refractivity contribution in [2.24, 2.45) is 5.92 Å². The lowest BCUT2D eigenvalue weighted by Gasteiger charge is -2.37. The number of hydrogen-bond donors (Lipinski definition) is 1. The Morgan fingerprint density at radius 3 is 2.68 bits per heavy atom. The average Bonchev–Trinajstić information content (AvgIpc) is 2.78. The summed E-state index contributed by atoms with van der Waals surface area (Å²) in [5.74, 6) is -1.87. The minimum absolute atomic E-state index is 0.0914. The number of nitrogens with zero attached hydrogens (tertiary/aromatic N) is 2. The SMILES string of the molecule is CN(CC(=O)N1CC(C(=O)O)C1)C(=O)c1ccco1. The molecule has 0 aliphatic carbocycles. The molecule has 1 N–H and O–H groups in total. The standard InChI is InChI=1S/C12H14N2O5/c1-13(11(16)9-3-2-4-19-9)7-10(15)14-5-8(6-14)12(17)18/h2-4,8H,5-7H2,1H3,(H,17,18). The predicted molar refractivity (Wildman–Crippen MR) is 63.4 cm³/mol. The highest BCUT2D eigenvalue weighted by Gasteiger charge is 2.36. The summed E-state index contributed by atoms with van der Waals surface area (Å²) in [6.45, 7) is 0.319. The van der Waals surface area contributed by atoms with Gasteiger partial charge in [-0.05, 0) is 12.1 Å². The molecule has 0 spiro atoms. The highest BCUT2D eigenvalue weighted by molar-refractivity contribution is 5.94. The zero-order valence-corrected chi connectivity index (χ0v) is 10.4. The van der Waals surface area contributed by atoms with Gasteiger partial charge in [-0.25, -0.2) is 0 Å². The van der Waals surface area contributed by atoms with Gasteiger partial charge in [0.05, 0.1) is 18.7 Å². The van der Waals surface area contributed by atoms with Crippen molar-refractivity contribution in [1.29, 1.82) is 0 Å². The Morgan fingerprint density at radius 2 is 2.16 bits per heavy atom. The van der Waals surface area contributed by atoms with Crippen LogP contribution in [0.25, 0.3) is 0 Å². The number of carboxylic acids is 1. The van der Waals surface area contributed by atoms with Crippen molar-refractivity contribution in [3.05, 3.63) is 24.2 Å². The van der Waals surface area contributed by atoms with E-state index in [2.05, 4.69) is 0 Å². The van der Waals surface area contributed by atoms with Crippen LogP contribution in [0.15, 0.2) is 22.8 Å². The number of rotatable bonds is 4. The van der Waals surface area contributed by atoms with Crippen LogP contribution in [0.1, 0.15) is 10.6 Å². The number of aliphatic carboxylic acids is 1. The van der Waals surface area contributed by atoms with Crippen LogP contribution in [0.5, 0.6) is 0 Å². The lowest BCUT2D eigenvalue weighted by Crippen LogP contribution is -2.55. The quantitative estimate of drug-likeness (QED) is 0.821. The van der Waals surface area contributed by atoms with Crippen molar-refractivity contribution in [2.75, 3.05) is 26.7 Å². The van der Waals surface area contributed by atoms with E-state index in [9.17, 15) is 14.4 Å². The summed E-state index contributed by atoms with van der Waals surface area (Å²) in [6.07, 6.45) is 1.38. The zero-order chi connectivity index (χ0) is 14.0. The summed E-state index contributed by atoms with van der Waals surface area (Å²) in [4.78, 5) is 36.9. The summed E-state index contributed by atoms with van der Waals surface area (Å²) < 4.78 is 4.95. The number of carbonyl (C=O) groups excluding carboxylic acids is 2. The fraction of sp³-hybridized carbons (Fsp3) is 0.417. The summed E-state index contributed by atoms with van der Waals surface area (Å²) in [5, 5.41) is 8.71. The molecule has 0 unspecified atom stereocenters. The first-order valence-electron chi connectivity index (χ1n) is 5.78. The van der Waals surface area contributed by atoms with Gasteiger partial charge < -0.3 is 19.3 Å². The van der Waals surface area contributed by atoms with E-state index in [1.54, 1.807) is 6.07 Å². The van der Waals surface area contributed by atoms with Crippen molar-refractivity contribution >= 4 is 17.8 Å². The topological polar surface area (TPSA) is 91.1 Å². The van der Waals surface area contributed by atoms with Gasteiger partial charge in [0.2, 0.25) is 5.91 Å². The minimum Gasteiger partial charge on any atom is -0.481 e. The molecular weight excluding hydrogens is 252 g/mol. The third-order valence-electron chi connectivity index (χ3n) is 3.03. The maximum Gasteiger partial charge on any atom is 0.310 e. The first-order chi connectivity index (χ1) is 8.99. The summed E-state index contributed by atoms with van der Waals surface area (Å²) in [7, 11) is 1.50. The van der Waals surface area contributed by atoms with Crippen LogP contribution in [0.2, 0.25) is 0 Å². The molecule has 2 rings (SSSR count). The van der Waals surface area contributed by atoms with Gasteiger partial charge in [-0.3, -0.25) is 14.4 Å². The third-order valence-corrected chi connectivity index (χ3v) is 3.03. The van der Waals surface area contributed by atoms with Gasteiger partial charge in [-0.1, -0.05) is 0 Å². The highest BCUT2D eigenvalue weighted by atomic mass is 16.4. The van der Waals surface area contributed by atoms with Crippen LogP contribution in [0.4, 0.5) is 0 Å². The average molecular weight is 266 g/mol. The molecule has 0 saturated carbocycles. The van der Waals surface area contributed by atoms with Gasteiger partial charge in [0, 0.05) is 20.1 Å². The van der Waals surface area contributed by atoms with Crippen LogP contribution < -0.4 is 0 Å². The molecule has 7 nitrogen and oxygen atoms in total. The van der Waals surface area contributed by atoms with E-state index in [4.69, 9.17) is 9.52 Å². The van der Waals surface area contributed by atoms with Gasteiger partial charge >= 0.3 is 5.97 Å². The van der Waals surface area contributed by atoms with Gasteiger partial charge in [0.25, 0.3) is 5.91 Å². The monoisotopic (exact) mass is 266 g/mol. The van der Waals surface area contributed by atoms with Crippen molar-refractivity contribution < 1.29 is 23.9 Å². The minimum atomic E-state index is -0.899. The molecule has 0 bridgehead atoms. The normalized spacial score (nSPS) is 14.9. The zero-order valence-electron chi connectivity index (χ0n) is 10.4. The predicted octanol–water partition coefficient (Wildman–Crippen LogP) is -0.105. The number of carbonyl (C=O) groups is 3. The Kier molecular flexibility index (Phi) is 3.55. The second kappa shape index (κ2) is 5.13. The second-order valence-corrected chi connectivity index (χ2v) is 4.47. The molecule has 1 saturated heterocycles. The van der Waals surface area contributed by atoms with E-state index < -0.39 is 11.9 Å². The maximum atomic E-state index is 11.8. The van der Waals surface area contributed by atoms with Crippen molar-refractivity contribution in [1.82, 2.24) is 9.80 Å². The van der Waals surface area contributed by atoms with Gasteiger partial charge in [-0.15, -0.1) is 0 Å². The van der Waals surface area contributed by atoms with Crippen molar-refractivity contribution in [3.8, 4) is 0 Å². The summed E-state index contributed by atoms with van der Waals surface area (Å²) in [5.41, 5.74) is 0. The molecule has 7 heteroatoms. The van der Waals surface area contributed by atoms with E-state index in [0.717, 1.165) is 0 Å². The van der Waals surface area contributed by atoms with Crippen molar-refractivity contribution in [2.45, 2.75) is 0 Å². The molecule has 0 atom stereocenters. The Balaban J connectivity index is 1.83. The number of carboxylic acid groups (broad SMARTS) is 1. The number of furan rings is 1. The fourth-order valence-electron chi connectivity index (χ4n) is 1.80. The molecule has 1 fully saturated rings. The van der Waals surface area contributed by atoms with Crippen LogP contribution in [0.3, 0.4) is 0 Å². The summed E-state index contributed by atoms with van der Waals surface area (Å²) in [6, 6.07) is 3.11. The molecule has 102 valence electrons. The van der Waals surface area contributed by atoms with Gasteiger partial charge in [-0.2, -0.15) is 0 Å². The van der Waals surface area contributed by atoms with Gasteiger partial charge in [0.1, 0.15) is 0 Å². The fourth-order valence-corrected chi connectivity index (χ4v) is 1.80. The second-order valence-electron chi connectivity index (χ2n) is 4.47. The Bertz CT molecular complexity index is 490. The third kappa shape index (κ3) is 2.75. The van der Waals surface area contributed by atoms with E-state index >= 15 is 0 Å². The number of amides is 2. The Labute approximate surface area is 109 Å². The van der Waals surface area contributed by atoms with Crippen LogP contribution in [-0.2, 0) is 9.59 Å². The first-order valence-corrected chi connectivity index (χ1v) is 5.78. The molecule has 1 aromatic heterocycles. The molecule has 1 aliphatic rings. The lowest BCUT2D eigenvalue weighted by atomic mass is 10.0. The maximum absolute atomic E-state index is 11.8. The van der Waals surface area contributed by atoms with Crippen molar-refractivity contribution in [3.63, 3.8) is 0 Å². The molecule has 0 radical (unpaired) electrons. The lowest BCUT2D eigenvalue weighted by molar-refractivity contribution is -0.152. The van der Waals surface area contributed by atoms with E-state index in [1.807, 2.05) is 0 Å². The number of likely N-dealkylation sites (N-methyl/N-ethyl adjacent to an activating group) is 1. The Morgan fingerprint density at radius 1 is 1.47 bits per heavy atom. The van der Waals surface area contributed by atoms with Gasteiger partial charge in [0.15, 0.2) is 5.76 Å². The van der Waals surface area contributed by atoms with E-state index in [-0.39, 0.29) is 37.2 Å². The largest absolute Gasteiger partial charge is 0.481 e. The summed E-state index contributed by atoms with van der Waals surface area (Å²) >= 11 is 0. The van der Waals surface area contributed by atoms with Crippen LogP contribution in [-0.4, -0.2) is 59.4 Å². The van der Waals surface area contributed by atoms with E-state index in [1.165, 1.54) is 29.2 Å². The van der Waals surface area contributed by atoms with Crippen LogP contribution in [0, 0.1) is 5.92 Å². The molecule has 2 amide bonds. The number of hydrogen-bond acceptors (Lipinski definition) is 4.